The number of amides is 3. The zero-order valence-corrected chi connectivity index (χ0v) is 16.9. The molecule has 1 N–H and O–H groups in total. The second kappa shape index (κ2) is 8.95. The summed E-state index contributed by atoms with van der Waals surface area (Å²) in [5, 5.41) is 4.89. The standard InChI is InChI=1S/C20H20N6O3S/c27-17-5-4-14(12-22-17)19(29)24-20-23-15(13-30-20)11-18(28)26-9-7-25(8-10-26)16-3-1-2-6-21-16/h1-6,12-14H,7-11H2,(H,23,24,29). The van der Waals surface area contributed by atoms with Gasteiger partial charge in [-0.25, -0.2) is 15.0 Å². The van der Waals surface area contributed by atoms with Crippen molar-refractivity contribution in [1.29, 1.82) is 0 Å². The average molecular weight is 424 g/mol. The Morgan fingerprint density at radius 2 is 2.03 bits per heavy atom. The zero-order chi connectivity index (χ0) is 20.9. The molecule has 9 nitrogen and oxygen atoms in total. The summed E-state index contributed by atoms with van der Waals surface area (Å²) in [4.78, 5) is 52.2. The van der Waals surface area contributed by atoms with Gasteiger partial charge in [-0.3, -0.25) is 14.4 Å². The van der Waals surface area contributed by atoms with Crippen molar-refractivity contribution >= 4 is 46.2 Å². The molecule has 2 aliphatic rings. The van der Waals surface area contributed by atoms with Gasteiger partial charge in [0.25, 0.3) is 5.91 Å². The van der Waals surface area contributed by atoms with Gasteiger partial charge in [-0.05, 0) is 12.1 Å². The van der Waals surface area contributed by atoms with Crippen LogP contribution in [0.2, 0.25) is 0 Å². The maximum atomic E-state index is 12.6. The number of carbonyl (C=O) groups is 3. The van der Waals surface area contributed by atoms with Crippen LogP contribution in [0.1, 0.15) is 5.69 Å². The smallest absolute Gasteiger partial charge is 0.269 e. The second-order valence-electron chi connectivity index (χ2n) is 6.87. The molecule has 0 radical (unpaired) electrons. The molecule has 0 aliphatic carbocycles. The van der Waals surface area contributed by atoms with Crippen LogP contribution in [0.3, 0.4) is 0 Å². The van der Waals surface area contributed by atoms with Crippen LogP contribution in [0.15, 0.2) is 46.9 Å². The number of aromatic nitrogens is 2. The number of carbonyl (C=O) groups excluding carboxylic acids is 3. The molecule has 3 amide bonds. The van der Waals surface area contributed by atoms with Crippen LogP contribution < -0.4 is 10.2 Å². The molecule has 10 heteroatoms. The maximum absolute atomic E-state index is 12.6. The largest absolute Gasteiger partial charge is 0.353 e. The van der Waals surface area contributed by atoms with E-state index in [1.54, 1.807) is 11.6 Å². The van der Waals surface area contributed by atoms with Crippen molar-refractivity contribution in [2.45, 2.75) is 6.42 Å². The molecule has 1 atom stereocenters. The minimum atomic E-state index is -0.605. The molecule has 0 saturated carbocycles. The summed E-state index contributed by atoms with van der Waals surface area (Å²) >= 11 is 1.26. The van der Waals surface area contributed by atoms with Gasteiger partial charge >= 0.3 is 0 Å². The molecular weight excluding hydrogens is 404 g/mol. The van der Waals surface area contributed by atoms with E-state index in [9.17, 15) is 14.4 Å². The van der Waals surface area contributed by atoms with Crippen LogP contribution in [0.5, 0.6) is 0 Å². The third-order valence-electron chi connectivity index (χ3n) is 4.83. The number of nitrogens with zero attached hydrogens (tertiary/aromatic N) is 5. The van der Waals surface area contributed by atoms with E-state index in [1.807, 2.05) is 23.1 Å². The Hall–Kier alpha value is -3.40. The first kappa shape index (κ1) is 19.9. The Bertz CT molecular complexity index is 979. The third-order valence-corrected chi connectivity index (χ3v) is 5.64. The molecular formula is C20H20N6O3S. The van der Waals surface area contributed by atoms with Crippen LogP contribution in [0, 0.1) is 5.92 Å². The lowest BCUT2D eigenvalue weighted by molar-refractivity contribution is -0.130. The molecule has 4 rings (SSSR count). The number of aliphatic imine (C=N–C) groups is 1. The number of rotatable bonds is 5. The quantitative estimate of drug-likeness (QED) is 0.772. The highest BCUT2D eigenvalue weighted by molar-refractivity contribution is 7.14. The number of anilines is 2. The van der Waals surface area contributed by atoms with E-state index in [2.05, 4.69) is 25.2 Å². The Morgan fingerprint density at radius 3 is 2.73 bits per heavy atom. The summed E-state index contributed by atoms with van der Waals surface area (Å²) in [7, 11) is 0. The van der Waals surface area contributed by atoms with Crippen LogP contribution >= 0.6 is 11.3 Å². The second-order valence-corrected chi connectivity index (χ2v) is 7.73. The van der Waals surface area contributed by atoms with E-state index in [0.717, 1.165) is 18.9 Å². The number of piperazine rings is 1. The minimum absolute atomic E-state index is 0.0136. The lowest BCUT2D eigenvalue weighted by Crippen LogP contribution is -2.49. The molecule has 0 bridgehead atoms. The first-order valence-electron chi connectivity index (χ1n) is 9.54. The third kappa shape index (κ3) is 4.77. The van der Waals surface area contributed by atoms with Crippen molar-refractivity contribution in [1.82, 2.24) is 14.9 Å². The highest BCUT2D eigenvalue weighted by Crippen LogP contribution is 2.19. The van der Waals surface area contributed by atoms with Gasteiger partial charge in [-0.2, -0.15) is 0 Å². The lowest BCUT2D eigenvalue weighted by Gasteiger charge is -2.35. The summed E-state index contributed by atoms with van der Waals surface area (Å²) in [6, 6.07) is 5.80. The molecule has 4 heterocycles. The molecule has 0 aromatic carbocycles. The van der Waals surface area contributed by atoms with Gasteiger partial charge in [0.2, 0.25) is 11.8 Å². The van der Waals surface area contributed by atoms with Crippen LogP contribution in [-0.4, -0.2) is 65.0 Å². The van der Waals surface area contributed by atoms with E-state index >= 15 is 0 Å². The number of nitrogens with one attached hydrogen (secondary N) is 1. The number of dihydropyridines is 1. The highest BCUT2D eigenvalue weighted by Gasteiger charge is 2.23. The monoisotopic (exact) mass is 424 g/mol. The van der Waals surface area contributed by atoms with Crippen molar-refractivity contribution < 1.29 is 14.4 Å². The van der Waals surface area contributed by atoms with Crippen LogP contribution in [0.4, 0.5) is 10.9 Å². The van der Waals surface area contributed by atoms with E-state index < -0.39 is 5.92 Å². The van der Waals surface area contributed by atoms with E-state index in [0.29, 0.717) is 23.9 Å². The molecule has 2 aromatic heterocycles. The van der Waals surface area contributed by atoms with Crippen molar-refractivity contribution in [2.24, 2.45) is 10.9 Å². The molecule has 1 unspecified atom stereocenters. The van der Waals surface area contributed by atoms with E-state index in [-0.39, 0.29) is 24.1 Å². The molecule has 0 spiro atoms. The van der Waals surface area contributed by atoms with Gasteiger partial charge in [-0.15, -0.1) is 11.3 Å². The predicted octanol–water partition coefficient (Wildman–Crippen LogP) is 1.15. The summed E-state index contributed by atoms with van der Waals surface area (Å²) in [5.41, 5.74) is 0.621. The molecule has 2 aliphatic heterocycles. The molecule has 2 aromatic rings. The Kier molecular flexibility index (Phi) is 5.94. The van der Waals surface area contributed by atoms with Gasteiger partial charge in [0.05, 0.1) is 18.0 Å². The first-order chi connectivity index (χ1) is 14.6. The van der Waals surface area contributed by atoms with Crippen LogP contribution in [0.25, 0.3) is 0 Å². The maximum Gasteiger partial charge on any atom is 0.269 e. The Morgan fingerprint density at radius 1 is 1.20 bits per heavy atom. The predicted molar refractivity (Wildman–Crippen MR) is 114 cm³/mol. The highest BCUT2D eigenvalue weighted by atomic mass is 32.1. The van der Waals surface area contributed by atoms with Crippen molar-refractivity contribution in [3.8, 4) is 0 Å². The van der Waals surface area contributed by atoms with Crippen molar-refractivity contribution in [3.05, 3.63) is 47.6 Å². The summed E-state index contributed by atoms with van der Waals surface area (Å²) in [6.07, 6.45) is 6.02. The van der Waals surface area contributed by atoms with Crippen molar-refractivity contribution in [2.75, 3.05) is 36.4 Å². The van der Waals surface area contributed by atoms with Crippen molar-refractivity contribution in [3.63, 3.8) is 0 Å². The van der Waals surface area contributed by atoms with Gasteiger partial charge in [0.1, 0.15) is 5.82 Å². The fourth-order valence-corrected chi connectivity index (χ4v) is 3.93. The summed E-state index contributed by atoms with van der Waals surface area (Å²) in [6.45, 7) is 2.74. The summed E-state index contributed by atoms with van der Waals surface area (Å²) < 4.78 is 0. The Labute approximate surface area is 177 Å². The molecule has 30 heavy (non-hydrogen) atoms. The number of hydrogen-bond acceptors (Lipinski definition) is 7. The molecule has 1 saturated heterocycles. The summed E-state index contributed by atoms with van der Waals surface area (Å²) in [5.74, 6) is -0.367. The van der Waals surface area contributed by atoms with Gasteiger partial charge < -0.3 is 15.1 Å². The number of hydrogen-bond donors (Lipinski definition) is 1. The number of thiazole rings is 1. The molecule has 154 valence electrons. The topological polar surface area (TPSA) is 108 Å². The molecule has 1 fully saturated rings. The fourth-order valence-electron chi connectivity index (χ4n) is 3.21. The SMILES string of the molecule is O=C1C=CC(C(=O)Nc2nc(CC(=O)N3CCN(c4ccccn4)CC3)cs2)C=N1. The van der Waals surface area contributed by atoms with Gasteiger partial charge in [0, 0.05) is 50.0 Å². The fraction of sp³-hybridized carbons (Fsp3) is 0.300. The normalized spacial score (nSPS) is 18.5. The zero-order valence-electron chi connectivity index (χ0n) is 16.1. The van der Waals surface area contributed by atoms with E-state index in [4.69, 9.17) is 0 Å². The Balaban J connectivity index is 1.27. The lowest BCUT2D eigenvalue weighted by atomic mass is 10.1. The van der Waals surface area contributed by atoms with Gasteiger partial charge in [0.15, 0.2) is 5.13 Å². The van der Waals surface area contributed by atoms with Gasteiger partial charge in [-0.1, -0.05) is 12.1 Å². The van der Waals surface area contributed by atoms with Crippen LogP contribution in [-0.2, 0) is 20.8 Å². The number of pyridine rings is 1. The van der Waals surface area contributed by atoms with E-state index in [1.165, 1.54) is 29.7 Å². The first-order valence-corrected chi connectivity index (χ1v) is 10.4. The average Bonchev–Trinajstić information content (AvgIpc) is 3.21. The minimum Gasteiger partial charge on any atom is -0.353 e.